The third-order valence-electron chi connectivity index (χ3n) is 3.78. The molecule has 5 nitrogen and oxygen atoms in total. The van der Waals surface area contributed by atoms with Gasteiger partial charge in [-0.1, -0.05) is 23.7 Å². The maximum absolute atomic E-state index is 12.5. The van der Waals surface area contributed by atoms with Gasteiger partial charge in [0.1, 0.15) is 0 Å². The van der Waals surface area contributed by atoms with Crippen LogP contribution in [0.4, 0.5) is 0 Å². The summed E-state index contributed by atoms with van der Waals surface area (Å²) >= 11 is 6.01. The van der Waals surface area contributed by atoms with Crippen LogP contribution in [0.3, 0.4) is 0 Å². The number of nitrogens with zero attached hydrogens (tertiary/aromatic N) is 1. The summed E-state index contributed by atoms with van der Waals surface area (Å²) in [6.45, 7) is 4.92. The van der Waals surface area contributed by atoms with Gasteiger partial charge in [-0.2, -0.15) is 0 Å². The van der Waals surface area contributed by atoms with Gasteiger partial charge >= 0.3 is 0 Å². The fourth-order valence-corrected chi connectivity index (χ4v) is 2.68. The third-order valence-corrected chi connectivity index (χ3v) is 4.02. The summed E-state index contributed by atoms with van der Waals surface area (Å²) in [5, 5.41) is 3.41. The molecule has 1 aromatic carbocycles. The minimum absolute atomic E-state index is 0.0576. The molecule has 2 aromatic rings. The fourth-order valence-electron chi connectivity index (χ4n) is 2.47. The van der Waals surface area contributed by atoms with Gasteiger partial charge in [0.2, 0.25) is 5.91 Å². The van der Waals surface area contributed by atoms with Crippen molar-refractivity contribution in [2.75, 3.05) is 6.54 Å². The Morgan fingerprint density at radius 3 is 2.68 bits per heavy atom. The number of hydrogen-bond acceptors (Lipinski definition) is 3. The molecule has 0 aliphatic carbocycles. The summed E-state index contributed by atoms with van der Waals surface area (Å²) < 4.78 is 5.02. The summed E-state index contributed by atoms with van der Waals surface area (Å²) in [5.41, 5.74) is 1.00. The van der Waals surface area contributed by atoms with Crippen LogP contribution in [0.5, 0.6) is 0 Å². The molecule has 2 amide bonds. The van der Waals surface area contributed by atoms with Crippen LogP contribution in [-0.2, 0) is 11.3 Å². The number of carbonyl (C=O) groups excluding carboxylic acids is 2. The number of carbonyl (C=O) groups is 2. The van der Waals surface area contributed by atoms with Gasteiger partial charge in [0, 0.05) is 30.6 Å². The highest BCUT2D eigenvalue weighted by atomic mass is 35.5. The molecule has 0 saturated carbocycles. The van der Waals surface area contributed by atoms with Crippen molar-refractivity contribution in [3.63, 3.8) is 0 Å². The Morgan fingerprint density at radius 1 is 1.24 bits per heavy atom. The zero-order chi connectivity index (χ0) is 18.2. The second-order valence-corrected chi connectivity index (χ2v) is 6.52. The summed E-state index contributed by atoms with van der Waals surface area (Å²) in [4.78, 5) is 26.1. The van der Waals surface area contributed by atoms with Crippen LogP contribution in [0.2, 0.25) is 5.02 Å². The number of amides is 2. The Hall–Kier alpha value is -2.27. The molecule has 0 unspecified atom stereocenters. The van der Waals surface area contributed by atoms with Crippen molar-refractivity contribution >= 4 is 23.4 Å². The van der Waals surface area contributed by atoms with Crippen molar-refractivity contribution in [1.29, 1.82) is 0 Å². The molecule has 0 radical (unpaired) electrons. The first-order chi connectivity index (χ1) is 12.0. The van der Waals surface area contributed by atoms with E-state index in [9.17, 15) is 9.59 Å². The van der Waals surface area contributed by atoms with Gasteiger partial charge in [0.05, 0.1) is 6.26 Å². The second kappa shape index (κ2) is 9.28. The summed E-state index contributed by atoms with van der Waals surface area (Å²) in [6.07, 6.45) is 2.40. The summed E-state index contributed by atoms with van der Waals surface area (Å²) in [7, 11) is 0. The molecule has 134 valence electrons. The maximum atomic E-state index is 12.5. The van der Waals surface area contributed by atoms with Gasteiger partial charge in [-0.25, -0.2) is 0 Å². The number of rotatable bonds is 8. The largest absolute Gasteiger partial charge is 0.459 e. The van der Waals surface area contributed by atoms with Gasteiger partial charge in [-0.05, 0) is 50.1 Å². The highest BCUT2D eigenvalue weighted by Gasteiger charge is 2.17. The van der Waals surface area contributed by atoms with Crippen LogP contribution < -0.4 is 5.32 Å². The van der Waals surface area contributed by atoms with Crippen molar-refractivity contribution in [2.45, 2.75) is 39.3 Å². The van der Waals surface area contributed by atoms with Crippen molar-refractivity contribution < 1.29 is 14.0 Å². The van der Waals surface area contributed by atoms with E-state index in [1.807, 2.05) is 43.0 Å². The molecule has 1 aromatic heterocycles. The van der Waals surface area contributed by atoms with Gasteiger partial charge in [0.15, 0.2) is 5.76 Å². The van der Waals surface area contributed by atoms with Gasteiger partial charge in [-0.3, -0.25) is 9.59 Å². The topological polar surface area (TPSA) is 62.6 Å². The number of halogens is 1. The first-order valence-corrected chi connectivity index (χ1v) is 8.71. The minimum atomic E-state index is -0.267. The highest BCUT2D eigenvalue weighted by Crippen LogP contribution is 2.15. The third kappa shape index (κ3) is 5.94. The molecule has 25 heavy (non-hydrogen) atoms. The Kier molecular flexibility index (Phi) is 7.07. The molecule has 2 rings (SSSR count). The molecular weight excluding hydrogens is 340 g/mol. The fraction of sp³-hybridized carbons (Fsp3) is 0.368. The SMILES string of the molecule is CC(C)N(Cc1cccc(Cl)c1)C(=O)CCCNC(=O)c1ccco1. The molecule has 0 saturated heterocycles. The van der Waals surface area contributed by atoms with E-state index in [0.717, 1.165) is 5.56 Å². The summed E-state index contributed by atoms with van der Waals surface area (Å²) in [5.74, 6) is 0.0652. The van der Waals surface area contributed by atoms with Crippen LogP contribution in [0.25, 0.3) is 0 Å². The Balaban J connectivity index is 1.81. The lowest BCUT2D eigenvalue weighted by atomic mass is 10.1. The normalized spacial score (nSPS) is 10.7. The van der Waals surface area contributed by atoms with Crippen LogP contribution >= 0.6 is 11.6 Å². The average molecular weight is 363 g/mol. The minimum Gasteiger partial charge on any atom is -0.459 e. The lowest BCUT2D eigenvalue weighted by Crippen LogP contribution is -2.36. The van der Waals surface area contributed by atoms with Gasteiger partial charge in [-0.15, -0.1) is 0 Å². The second-order valence-electron chi connectivity index (χ2n) is 6.08. The van der Waals surface area contributed by atoms with E-state index in [0.29, 0.717) is 31.0 Å². The average Bonchev–Trinajstić information content (AvgIpc) is 3.10. The molecule has 1 heterocycles. The van der Waals surface area contributed by atoms with Crippen molar-refractivity contribution in [3.05, 3.63) is 59.0 Å². The molecule has 0 atom stereocenters. The Labute approximate surface area is 153 Å². The van der Waals surface area contributed by atoms with Crippen molar-refractivity contribution in [2.24, 2.45) is 0 Å². The molecule has 0 spiro atoms. The monoisotopic (exact) mass is 362 g/mol. The Bertz CT molecular complexity index is 698. The molecule has 0 aliphatic heterocycles. The van der Waals surface area contributed by atoms with E-state index >= 15 is 0 Å². The maximum Gasteiger partial charge on any atom is 0.286 e. The van der Waals surface area contributed by atoms with Gasteiger partial charge in [0.25, 0.3) is 5.91 Å². The standard InChI is InChI=1S/C19H23ClN2O3/c1-14(2)22(13-15-6-3-7-16(20)12-15)18(23)9-4-10-21-19(24)17-8-5-11-25-17/h3,5-8,11-12,14H,4,9-10,13H2,1-2H3,(H,21,24). The molecule has 0 aliphatic rings. The molecule has 1 N–H and O–H groups in total. The summed E-state index contributed by atoms with van der Waals surface area (Å²) in [6, 6.07) is 10.9. The number of nitrogens with one attached hydrogen (secondary N) is 1. The first kappa shape index (κ1) is 19.1. The molecule has 0 fully saturated rings. The molecule has 0 bridgehead atoms. The van der Waals surface area contributed by atoms with E-state index in [1.54, 1.807) is 12.1 Å². The number of furan rings is 1. The van der Waals surface area contributed by atoms with E-state index in [-0.39, 0.29) is 23.6 Å². The van der Waals surface area contributed by atoms with E-state index in [4.69, 9.17) is 16.0 Å². The molecular formula is C19H23ClN2O3. The van der Waals surface area contributed by atoms with Crippen LogP contribution in [0, 0.1) is 0 Å². The predicted molar refractivity (Wildman–Crippen MR) is 97.4 cm³/mol. The molecule has 6 heteroatoms. The quantitative estimate of drug-likeness (QED) is 0.725. The number of benzene rings is 1. The lowest BCUT2D eigenvalue weighted by molar-refractivity contribution is -0.133. The first-order valence-electron chi connectivity index (χ1n) is 8.33. The zero-order valence-electron chi connectivity index (χ0n) is 14.5. The predicted octanol–water partition coefficient (Wildman–Crippen LogP) is 3.88. The van der Waals surface area contributed by atoms with Crippen LogP contribution in [-0.4, -0.2) is 29.3 Å². The smallest absolute Gasteiger partial charge is 0.286 e. The van der Waals surface area contributed by atoms with E-state index in [1.165, 1.54) is 6.26 Å². The lowest BCUT2D eigenvalue weighted by Gasteiger charge is -2.27. The van der Waals surface area contributed by atoms with E-state index in [2.05, 4.69) is 5.32 Å². The van der Waals surface area contributed by atoms with Crippen molar-refractivity contribution in [1.82, 2.24) is 10.2 Å². The van der Waals surface area contributed by atoms with Gasteiger partial charge < -0.3 is 14.6 Å². The van der Waals surface area contributed by atoms with Crippen LogP contribution in [0.1, 0.15) is 42.8 Å². The zero-order valence-corrected chi connectivity index (χ0v) is 15.3. The van der Waals surface area contributed by atoms with Crippen molar-refractivity contribution in [3.8, 4) is 0 Å². The van der Waals surface area contributed by atoms with E-state index < -0.39 is 0 Å². The number of hydrogen-bond donors (Lipinski definition) is 1. The van der Waals surface area contributed by atoms with Crippen LogP contribution in [0.15, 0.2) is 47.1 Å². The highest BCUT2D eigenvalue weighted by molar-refractivity contribution is 6.30. The Morgan fingerprint density at radius 2 is 2.04 bits per heavy atom.